The summed E-state index contributed by atoms with van der Waals surface area (Å²) >= 11 is 0. The fourth-order valence-electron chi connectivity index (χ4n) is 1.18. The zero-order valence-corrected chi connectivity index (χ0v) is 10.8. The van der Waals surface area contributed by atoms with E-state index >= 15 is 0 Å². The molecule has 0 amide bonds. The third-order valence-corrected chi connectivity index (χ3v) is 2.08. The van der Waals surface area contributed by atoms with Crippen LogP contribution in [0.15, 0.2) is 10.4 Å². The monoisotopic (exact) mass is 260 g/mol. The number of ether oxygens (including phenoxy) is 1. The molecule has 1 fully saturated rings. The standard InChI is InChI=1S/C6H10N2O8.Na/c9-1-2-3(10)4(11)6(13,5(12)15-2)7-8-16-14;/h2-4,9-11,13-14H,1H2;/q;+1/p-1/b8-7-;/t2?,3-,4+,6?;/m1./s1. The molecule has 4 N–H and O–H groups in total. The van der Waals surface area contributed by atoms with Crippen molar-refractivity contribution in [1.29, 1.82) is 0 Å². The van der Waals surface area contributed by atoms with Crippen molar-refractivity contribution < 1.29 is 69.8 Å². The van der Waals surface area contributed by atoms with Gasteiger partial charge in [0.25, 0.3) is 0 Å². The predicted molar refractivity (Wildman–Crippen MR) is 39.9 cm³/mol. The largest absolute Gasteiger partial charge is 1.00 e. The summed E-state index contributed by atoms with van der Waals surface area (Å²) in [5.74, 6) is -1.47. The van der Waals surface area contributed by atoms with E-state index in [1.54, 1.807) is 0 Å². The maximum Gasteiger partial charge on any atom is 1.00 e. The van der Waals surface area contributed by atoms with E-state index in [2.05, 4.69) is 20.1 Å². The van der Waals surface area contributed by atoms with Gasteiger partial charge in [-0.15, -0.1) is 5.11 Å². The second kappa shape index (κ2) is 6.56. The van der Waals surface area contributed by atoms with Gasteiger partial charge in [0, 0.05) is 5.28 Å². The number of hydrogen-bond donors (Lipinski definition) is 4. The summed E-state index contributed by atoms with van der Waals surface area (Å²) in [6, 6.07) is 0. The summed E-state index contributed by atoms with van der Waals surface area (Å²) in [4.78, 5) is 14.1. The van der Waals surface area contributed by atoms with Gasteiger partial charge in [0.1, 0.15) is 12.2 Å². The summed E-state index contributed by atoms with van der Waals surface area (Å²) in [6.07, 6.45) is -5.28. The fourth-order valence-corrected chi connectivity index (χ4v) is 1.18. The molecule has 0 aromatic carbocycles. The van der Waals surface area contributed by atoms with Gasteiger partial charge in [-0.3, -0.25) is 0 Å². The van der Waals surface area contributed by atoms with Crippen LogP contribution >= 0.6 is 0 Å². The average Bonchev–Trinajstić information content (AvgIpc) is 2.29. The van der Waals surface area contributed by atoms with Crippen molar-refractivity contribution >= 4 is 5.97 Å². The van der Waals surface area contributed by atoms with Crippen LogP contribution in [0.1, 0.15) is 0 Å². The van der Waals surface area contributed by atoms with Gasteiger partial charge in [-0.05, 0) is 0 Å². The van der Waals surface area contributed by atoms with Crippen molar-refractivity contribution in [3.63, 3.8) is 0 Å². The number of aliphatic hydroxyl groups excluding tert-OH is 3. The smallest absolute Gasteiger partial charge is 0.636 e. The summed E-state index contributed by atoms with van der Waals surface area (Å²) < 4.78 is 4.37. The zero-order chi connectivity index (χ0) is 12.3. The zero-order valence-electron chi connectivity index (χ0n) is 8.76. The van der Waals surface area contributed by atoms with Crippen LogP contribution in [-0.4, -0.2) is 57.0 Å². The first-order valence-corrected chi connectivity index (χ1v) is 4.09. The molecule has 0 bridgehead atoms. The third kappa shape index (κ3) is 3.11. The van der Waals surface area contributed by atoms with E-state index in [9.17, 15) is 25.4 Å². The van der Waals surface area contributed by atoms with E-state index in [1.165, 1.54) is 0 Å². The van der Waals surface area contributed by atoms with Crippen LogP contribution in [0.25, 0.3) is 0 Å². The normalized spacial score (nSPS) is 37.5. The van der Waals surface area contributed by atoms with Crippen LogP contribution in [0.5, 0.6) is 0 Å². The molecule has 1 aliphatic heterocycles. The predicted octanol–water partition coefficient (Wildman–Crippen LogP) is -7.02. The van der Waals surface area contributed by atoms with Crippen molar-refractivity contribution in [1.82, 2.24) is 0 Å². The molecule has 0 spiro atoms. The van der Waals surface area contributed by atoms with Crippen molar-refractivity contribution in [2.24, 2.45) is 10.4 Å². The Hall–Kier alpha value is -0.330. The minimum Gasteiger partial charge on any atom is -0.636 e. The summed E-state index contributed by atoms with van der Waals surface area (Å²) in [5.41, 5.74) is -2.94. The molecule has 1 aliphatic rings. The second-order valence-corrected chi connectivity index (χ2v) is 3.04. The molecule has 10 nitrogen and oxygen atoms in total. The number of nitrogens with zero attached hydrogens (tertiary/aromatic N) is 2. The van der Waals surface area contributed by atoms with Crippen molar-refractivity contribution in [3.8, 4) is 0 Å². The van der Waals surface area contributed by atoms with Crippen molar-refractivity contribution in [3.05, 3.63) is 0 Å². The molecule has 0 aliphatic carbocycles. The van der Waals surface area contributed by atoms with E-state index in [4.69, 9.17) is 5.11 Å². The number of carbonyl (C=O) groups is 1. The Balaban J connectivity index is 0.00000256. The summed E-state index contributed by atoms with van der Waals surface area (Å²) in [7, 11) is 0. The molecule has 1 saturated heterocycles. The number of cyclic esters (lactones) is 1. The van der Waals surface area contributed by atoms with Gasteiger partial charge in [0.15, 0.2) is 6.10 Å². The molecule has 0 saturated carbocycles. The molecule has 1 heterocycles. The minimum atomic E-state index is -2.94. The molecule has 0 radical (unpaired) electrons. The maximum atomic E-state index is 11.2. The Morgan fingerprint density at radius 1 is 1.53 bits per heavy atom. The van der Waals surface area contributed by atoms with Crippen molar-refractivity contribution in [2.45, 2.75) is 24.0 Å². The second-order valence-electron chi connectivity index (χ2n) is 3.04. The molecular weight excluding hydrogens is 251 g/mol. The van der Waals surface area contributed by atoms with Gasteiger partial charge in [-0.1, -0.05) is 0 Å². The van der Waals surface area contributed by atoms with Crippen LogP contribution in [-0.2, 0) is 14.5 Å². The molecule has 2 unspecified atom stereocenters. The van der Waals surface area contributed by atoms with Gasteiger partial charge >= 0.3 is 41.3 Å². The topological polar surface area (TPSA) is 164 Å². The van der Waals surface area contributed by atoms with Gasteiger partial charge in [0.2, 0.25) is 0 Å². The molecule has 1 rings (SSSR count). The van der Waals surface area contributed by atoms with Crippen LogP contribution in [0.3, 0.4) is 0 Å². The first kappa shape index (κ1) is 16.7. The number of hydrogen-bond acceptors (Lipinski definition) is 10. The van der Waals surface area contributed by atoms with Crippen molar-refractivity contribution in [2.75, 3.05) is 6.61 Å². The minimum absolute atomic E-state index is 0. The molecule has 92 valence electrons. The Kier molecular flexibility index (Phi) is 6.43. The summed E-state index contributed by atoms with van der Waals surface area (Å²) in [5, 5.41) is 51.4. The quantitative estimate of drug-likeness (QED) is 0.128. The van der Waals surface area contributed by atoms with Gasteiger partial charge in [-0.25, -0.2) is 4.79 Å². The van der Waals surface area contributed by atoms with Crippen LogP contribution < -0.4 is 34.8 Å². The molecule has 11 heteroatoms. The van der Waals surface area contributed by atoms with Gasteiger partial charge in [-0.2, -0.15) is 0 Å². The first-order valence-electron chi connectivity index (χ1n) is 4.09. The molecular formula is C6H9N2NaO8. The van der Waals surface area contributed by atoms with E-state index in [-0.39, 0.29) is 29.6 Å². The Morgan fingerprint density at radius 3 is 2.59 bits per heavy atom. The van der Waals surface area contributed by atoms with E-state index in [0.29, 0.717) is 0 Å². The Morgan fingerprint density at radius 2 is 2.12 bits per heavy atom. The molecule has 0 aromatic rings. The fraction of sp³-hybridized carbons (Fsp3) is 0.833. The van der Waals surface area contributed by atoms with E-state index in [1.807, 2.05) is 0 Å². The van der Waals surface area contributed by atoms with E-state index in [0.717, 1.165) is 0 Å². The molecule has 4 atom stereocenters. The number of aliphatic hydroxyl groups is 4. The maximum absolute atomic E-state index is 11.2. The molecule has 0 aromatic heterocycles. The SMILES string of the molecule is O=C1OC(CO)[C@@H](O)[C@H](O)C1(O)/N=N\O[O-].[Na+]. The van der Waals surface area contributed by atoms with Crippen LogP contribution in [0.2, 0.25) is 0 Å². The number of esters is 1. The average molecular weight is 260 g/mol. The van der Waals surface area contributed by atoms with Crippen LogP contribution in [0.4, 0.5) is 0 Å². The summed E-state index contributed by atoms with van der Waals surface area (Å²) in [6.45, 7) is -0.755. The van der Waals surface area contributed by atoms with Crippen LogP contribution in [0, 0.1) is 0 Å². The number of carbonyl (C=O) groups excluding carboxylic acids is 1. The first-order chi connectivity index (χ1) is 7.47. The Labute approximate surface area is 117 Å². The molecule has 17 heavy (non-hydrogen) atoms. The van der Waals surface area contributed by atoms with Gasteiger partial charge in [0.05, 0.1) is 6.61 Å². The third-order valence-electron chi connectivity index (χ3n) is 2.08. The van der Waals surface area contributed by atoms with E-state index < -0.39 is 36.6 Å². The number of rotatable bonds is 3. The Bertz CT molecular complexity index is 302. The van der Waals surface area contributed by atoms with Gasteiger partial charge < -0.3 is 35.4 Å².